The number of hydrogen-bond acceptors (Lipinski definition) is 2. The highest BCUT2D eigenvalue weighted by molar-refractivity contribution is 5.27. The lowest BCUT2D eigenvalue weighted by Crippen LogP contribution is -1.86. The second-order valence-electron chi connectivity index (χ2n) is 11.9. The zero-order chi connectivity index (χ0) is 29.6. The molecule has 0 aromatic heterocycles. The van der Waals surface area contributed by atoms with Crippen molar-refractivity contribution in [3.8, 4) is 11.5 Å². The number of phenolic OH excluding ortho intramolecular Hbond substituents is 2. The molecule has 0 aliphatic heterocycles. The largest absolute Gasteiger partial charge is 0.508 e. The normalized spacial score (nSPS) is 11.1. The van der Waals surface area contributed by atoms with Crippen molar-refractivity contribution in [3.63, 3.8) is 0 Å². The number of allylic oxidation sites excluding steroid dienone is 2. The molecule has 0 saturated heterocycles. The van der Waals surface area contributed by atoms with E-state index in [1.54, 1.807) is 24.3 Å². The zero-order valence-electron chi connectivity index (χ0n) is 26.9. The van der Waals surface area contributed by atoms with Crippen LogP contribution in [0.3, 0.4) is 0 Å². The summed E-state index contributed by atoms with van der Waals surface area (Å²) in [6, 6.07) is 15.1. The van der Waals surface area contributed by atoms with Gasteiger partial charge in [0.1, 0.15) is 11.5 Å². The van der Waals surface area contributed by atoms with Crippen LogP contribution in [0.25, 0.3) is 0 Å². The molecule has 232 valence electrons. The molecule has 0 amide bonds. The van der Waals surface area contributed by atoms with E-state index in [1.165, 1.54) is 146 Å². The Morgan fingerprint density at radius 2 is 0.780 bits per heavy atom. The fourth-order valence-electron chi connectivity index (χ4n) is 5.20. The molecule has 0 aliphatic rings. The van der Waals surface area contributed by atoms with Crippen molar-refractivity contribution in [3.05, 3.63) is 71.8 Å². The van der Waals surface area contributed by atoms with Gasteiger partial charge in [-0.3, -0.25) is 0 Å². The Morgan fingerprint density at radius 1 is 0.415 bits per heavy atom. The van der Waals surface area contributed by atoms with Crippen molar-refractivity contribution in [2.75, 3.05) is 0 Å². The highest BCUT2D eigenvalue weighted by Crippen LogP contribution is 2.16. The third kappa shape index (κ3) is 24.1. The molecule has 0 unspecified atom stereocenters. The molecule has 0 radical (unpaired) electrons. The van der Waals surface area contributed by atoms with Crippen LogP contribution in [0.15, 0.2) is 60.7 Å². The van der Waals surface area contributed by atoms with Crippen LogP contribution in [-0.4, -0.2) is 10.2 Å². The molecule has 0 saturated carbocycles. The van der Waals surface area contributed by atoms with Crippen molar-refractivity contribution in [1.29, 1.82) is 0 Å². The molecule has 0 atom stereocenters. The Morgan fingerprint density at radius 3 is 1.22 bits per heavy atom. The maximum absolute atomic E-state index is 9.27. The Bertz CT molecular complexity index is 822. The zero-order valence-corrected chi connectivity index (χ0v) is 26.9. The van der Waals surface area contributed by atoms with Crippen molar-refractivity contribution in [2.45, 2.75) is 162 Å². The van der Waals surface area contributed by atoms with Crippen LogP contribution in [0.5, 0.6) is 11.5 Å². The summed E-state index contributed by atoms with van der Waals surface area (Å²) in [4.78, 5) is 0. The Kier molecular flexibility index (Phi) is 25.1. The molecule has 2 N–H and O–H groups in total. The maximum atomic E-state index is 9.27. The average molecular weight is 565 g/mol. The first-order valence-corrected chi connectivity index (χ1v) is 17.4. The van der Waals surface area contributed by atoms with Gasteiger partial charge < -0.3 is 10.2 Å². The van der Waals surface area contributed by atoms with Crippen LogP contribution >= 0.6 is 0 Å². The van der Waals surface area contributed by atoms with Crippen LogP contribution in [0.1, 0.15) is 160 Å². The molecular weight excluding hydrogens is 500 g/mol. The number of unbranched alkanes of at least 4 members (excludes halogenated alkanes) is 19. The van der Waals surface area contributed by atoms with E-state index < -0.39 is 0 Å². The summed E-state index contributed by atoms with van der Waals surface area (Å²) in [6.45, 7) is 4.53. The lowest BCUT2D eigenvalue weighted by atomic mass is 10.0. The lowest BCUT2D eigenvalue weighted by molar-refractivity contribution is 0.474. The first-order chi connectivity index (χ1) is 20.2. The second-order valence-corrected chi connectivity index (χ2v) is 11.9. The second kappa shape index (κ2) is 27.9. The third-order valence-corrected chi connectivity index (χ3v) is 7.94. The van der Waals surface area contributed by atoms with E-state index in [1.807, 2.05) is 24.3 Å². The molecule has 2 rings (SSSR count). The molecule has 2 aromatic rings. The standard InChI is InChI=1S/C24H42O.C15H22O/c1-2-3-4-5-6-7-8-9-10-11-12-13-14-15-16-17-18-23-19-21-24(25)22-20-23;1-2-3-4-5-6-7-8-9-14-10-12-15(16)13-11-14/h19-22,25H,2-18H2,1H3;7-8,10-13,16H,2-6,9H2,1H3/b;8-7+. The van der Waals surface area contributed by atoms with Crippen LogP contribution < -0.4 is 0 Å². The van der Waals surface area contributed by atoms with Gasteiger partial charge in [0, 0.05) is 0 Å². The smallest absolute Gasteiger partial charge is 0.115 e. The van der Waals surface area contributed by atoms with Gasteiger partial charge in [-0.05, 0) is 67.5 Å². The molecular formula is C39H64O2. The van der Waals surface area contributed by atoms with Crippen molar-refractivity contribution >= 4 is 0 Å². The van der Waals surface area contributed by atoms with Gasteiger partial charge in [0.25, 0.3) is 0 Å². The maximum Gasteiger partial charge on any atom is 0.115 e. The summed E-state index contributed by atoms with van der Waals surface area (Å²) in [5.41, 5.74) is 2.60. The van der Waals surface area contributed by atoms with Crippen LogP contribution in [0.4, 0.5) is 0 Å². The molecule has 0 heterocycles. The minimum absolute atomic E-state index is 0.340. The minimum Gasteiger partial charge on any atom is -0.508 e. The molecule has 2 nitrogen and oxygen atoms in total. The summed E-state index contributed by atoms with van der Waals surface area (Å²) in [5, 5.41) is 18.4. The molecule has 2 aromatic carbocycles. The van der Waals surface area contributed by atoms with Crippen molar-refractivity contribution in [1.82, 2.24) is 0 Å². The number of aromatic hydroxyl groups is 2. The number of phenols is 2. The summed E-state index contributed by atoms with van der Waals surface area (Å²) in [7, 11) is 0. The fraction of sp³-hybridized carbons (Fsp3) is 0.641. The molecule has 2 heteroatoms. The summed E-state index contributed by atoms with van der Waals surface area (Å²) < 4.78 is 0. The van der Waals surface area contributed by atoms with Gasteiger partial charge in [0.05, 0.1) is 0 Å². The first kappa shape index (κ1) is 36.8. The van der Waals surface area contributed by atoms with Gasteiger partial charge in [-0.2, -0.15) is 0 Å². The lowest BCUT2D eigenvalue weighted by Gasteiger charge is -2.04. The Labute approximate surface area is 254 Å². The highest BCUT2D eigenvalue weighted by atomic mass is 16.3. The molecule has 0 bridgehead atoms. The van der Waals surface area contributed by atoms with Gasteiger partial charge in [-0.15, -0.1) is 0 Å². The molecule has 0 fully saturated rings. The Balaban J connectivity index is 0.000000452. The molecule has 0 spiro atoms. The van der Waals surface area contributed by atoms with E-state index in [-0.39, 0.29) is 0 Å². The van der Waals surface area contributed by atoms with Gasteiger partial charge in [-0.25, -0.2) is 0 Å². The fourth-order valence-corrected chi connectivity index (χ4v) is 5.20. The molecule has 0 aliphatic carbocycles. The Hall–Kier alpha value is -2.22. The number of rotatable bonds is 24. The number of aryl methyl sites for hydroxylation is 1. The highest BCUT2D eigenvalue weighted by Gasteiger charge is 1.97. The van der Waals surface area contributed by atoms with Crippen LogP contribution in [0.2, 0.25) is 0 Å². The van der Waals surface area contributed by atoms with E-state index in [9.17, 15) is 5.11 Å². The number of hydrogen-bond donors (Lipinski definition) is 2. The number of benzene rings is 2. The van der Waals surface area contributed by atoms with Crippen molar-refractivity contribution < 1.29 is 10.2 Å². The average Bonchev–Trinajstić information content (AvgIpc) is 2.99. The van der Waals surface area contributed by atoms with E-state index in [0.717, 1.165) is 12.8 Å². The van der Waals surface area contributed by atoms with Gasteiger partial charge in [-0.1, -0.05) is 166 Å². The SMILES string of the molecule is CCCCCC/C=C/Cc1ccc(O)cc1.CCCCCCCCCCCCCCCCCCc1ccc(O)cc1. The third-order valence-electron chi connectivity index (χ3n) is 7.94. The van der Waals surface area contributed by atoms with Gasteiger partial charge >= 0.3 is 0 Å². The van der Waals surface area contributed by atoms with Crippen LogP contribution in [-0.2, 0) is 12.8 Å². The van der Waals surface area contributed by atoms with Crippen LogP contribution in [0, 0.1) is 0 Å². The summed E-state index contributed by atoms with van der Waals surface area (Å²) in [5.74, 6) is 0.711. The monoisotopic (exact) mass is 564 g/mol. The van der Waals surface area contributed by atoms with E-state index in [2.05, 4.69) is 26.0 Å². The quantitative estimate of drug-likeness (QED) is 0.0983. The molecule has 41 heavy (non-hydrogen) atoms. The first-order valence-electron chi connectivity index (χ1n) is 17.4. The van der Waals surface area contributed by atoms with E-state index in [0.29, 0.717) is 11.5 Å². The summed E-state index contributed by atoms with van der Waals surface area (Å²) in [6.07, 6.45) is 35.8. The topological polar surface area (TPSA) is 40.5 Å². The van der Waals surface area contributed by atoms with Gasteiger partial charge in [0.2, 0.25) is 0 Å². The van der Waals surface area contributed by atoms with E-state index >= 15 is 0 Å². The van der Waals surface area contributed by atoms with Crippen molar-refractivity contribution in [2.24, 2.45) is 0 Å². The predicted molar refractivity (Wildman–Crippen MR) is 181 cm³/mol. The van der Waals surface area contributed by atoms with E-state index in [4.69, 9.17) is 5.11 Å². The predicted octanol–water partition coefficient (Wildman–Crippen LogP) is 12.7. The van der Waals surface area contributed by atoms with Gasteiger partial charge in [0.15, 0.2) is 0 Å². The summed E-state index contributed by atoms with van der Waals surface area (Å²) >= 11 is 0. The minimum atomic E-state index is 0.340.